The van der Waals surface area contributed by atoms with Crippen LogP contribution in [0.2, 0.25) is 0 Å². The summed E-state index contributed by atoms with van der Waals surface area (Å²) < 4.78 is 0. The fourth-order valence-corrected chi connectivity index (χ4v) is 0.876. The fraction of sp³-hybridized carbons (Fsp3) is 0.636. The molecule has 0 amide bonds. The summed E-state index contributed by atoms with van der Waals surface area (Å²) in [4.78, 5) is 0. The molecule has 0 unspecified atom stereocenters. The minimum atomic E-state index is 1.21. The number of rotatable bonds is 5. The first-order chi connectivity index (χ1) is 5.31. The third-order valence-corrected chi connectivity index (χ3v) is 1.59. The topological polar surface area (TPSA) is 0 Å². The maximum atomic E-state index is 2.30. The van der Waals surface area contributed by atoms with Gasteiger partial charge in [0.25, 0.3) is 0 Å². The average molecular weight is 152 g/mol. The van der Waals surface area contributed by atoms with Crippen LogP contribution in [0.3, 0.4) is 0 Å². The van der Waals surface area contributed by atoms with Gasteiger partial charge in [0.2, 0.25) is 0 Å². The van der Waals surface area contributed by atoms with Crippen molar-refractivity contribution in [3.8, 4) is 0 Å². The lowest BCUT2D eigenvalue weighted by atomic mass is 10.2. The van der Waals surface area contributed by atoms with Crippen molar-refractivity contribution in [3.05, 3.63) is 23.8 Å². The van der Waals surface area contributed by atoms with Crippen LogP contribution in [0.25, 0.3) is 0 Å². The lowest BCUT2D eigenvalue weighted by Crippen LogP contribution is -1.70. The molecule has 0 aliphatic heterocycles. The molecule has 0 bridgehead atoms. The van der Waals surface area contributed by atoms with Crippen LogP contribution in [0.1, 0.15) is 46.5 Å². The molecule has 0 fully saturated rings. The maximum Gasteiger partial charge on any atom is -0.0348 e. The second kappa shape index (κ2) is 7.59. The van der Waals surface area contributed by atoms with Gasteiger partial charge < -0.3 is 0 Å². The summed E-state index contributed by atoms with van der Waals surface area (Å²) >= 11 is 0. The molecule has 0 aromatic heterocycles. The minimum absolute atomic E-state index is 1.21. The van der Waals surface area contributed by atoms with E-state index in [2.05, 4.69) is 39.0 Å². The molecule has 0 saturated carbocycles. The van der Waals surface area contributed by atoms with Crippen molar-refractivity contribution in [1.29, 1.82) is 0 Å². The van der Waals surface area contributed by atoms with Crippen LogP contribution in [0.5, 0.6) is 0 Å². The van der Waals surface area contributed by atoms with Gasteiger partial charge in [-0.3, -0.25) is 0 Å². The molecule has 0 heterocycles. The molecule has 0 spiro atoms. The molecule has 0 radical (unpaired) electrons. The molecule has 0 nitrogen and oxygen atoms in total. The van der Waals surface area contributed by atoms with Gasteiger partial charge >= 0.3 is 0 Å². The van der Waals surface area contributed by atoms with Crippen LogP contribution in [0, 0.1) is 0 Å². The van der Waals surface area contributed by atoms with Gasteiger partial charge in [0, 0.05) is 0 Å². The molecule has 0 rings (SSSR count). The summed E-state index contributed by atoms with van der Waals surface area (Å²) in [6, 6.07) is 0. The van der Waals surface area contributed by atoms with Crippen LogP contribution in [-0.4, -0.2) is 0 Å². The first-order valence-corrected chi connectivity index (χ1v) is 4.64. The molecule has 0 aromatic carbocycles. The first-order valence-electron chi connectivity index (χ1n) is 4.64. The fourth-order valence-electron chi connectivity index (χ4n) is 0.876. The SMILES string of the molecule is CCC/C=C\C(C)=C/CCC. The largest absolute Gasteiger partial charge is 0.0843 e. The number of allylic oxidation sites excluding steroid dienone is 4. The molecular weight excluding hydrogens is 132 g/mol. The average Bonchev–Trinajstić information content (AvgIpc) is 2.01. The summed E-state index contributed by atoms with van der Waals surface area (Å²) in [5.41, 5.74) is 1.40. The Morgan fingerprint density at radius 3 is 2.27 bits per heavy atom. The number of hydrogen-bond donors (Lipinski definition) is 0. The zero-order valence-corrected chi connectivity index (χ0v) is 8.06. The Balaban J connectivity index is 3.56. The second-order valence-electron chi connectivity index (χ2n) is 2.93. The second-order valence-corrected chi connectivity index (χ2v) is 2.93. The van der Waals surface area contributed by atoms with Crippen LogP contribution < -0.4 is 0 Å². The summed E-state index contributed by atoms with van der Waals surface area (Å²) in [6.45, 7) is 6.58. The molecule has 0 atom stereocenters. The highest BCUT2D eigenvalue weighted by molar-refractivity contribution is 5.15. The van der Waals surface area contributed by atoms with Crippen molar-refractivity contribution in [1.82, 2.24) is 0 Å². The van der Waals surface area contributed by atoms with E-state index in [0.29, 0.717) is 0 Å². The lowest BCUT2D eigenvalue weighted by Gasteiger charge is -1.90. The van der Waals surface area contributed by atoms with Gasteiger partial charge in [0.1, 0.15) is 0 Å². The first kappa shape index (κ1) is 10.5. The van der Waals surface area contributed by atoms with Crippen LogP contribution in [-0.2, 0) is 0 Å². The summed E-state index contributed by atoms with van der Waals surface area (Å²) in [5, 5.41) is 0. The molecule has 0 aromatic rings. The normalized spacial score (nSPS) is 12.8. The van der Waals surface area contributed by atoms with E-state index in [1.54, 1.807) is 0 Å². The molecular formula is C11H20. The van der Waals surface area contributed by atoms with Gasteiger partial charge in [0.05, 0.1) is 0 Å². The van der Waals surface area contributed by atoms with E-state index in [1.165, 1.54) is 31.3 Å². The highest BCUT2D eigenvalue weighted by Gasteiger charge is 1.80. The summed E-state index contributed by atoms with van der Waals surface area (Å²) in [7, 11) is 0. The van der Waals surface area contributed by atoms with Crippen molar-refractivity contribution in [3.63, 3.8) is 0 Å². The van der Waals surface area contributed by atoms with E-state index in [9.17, 15) is 0 Å². The van der Waals surface area contributed by atoms with Gasteiger partial charge in [-0.05, 0) is 19.8 Å². The van der Waals surface area contributed by atoms with E-state index in [1.807, 2.05) is 0 Å². The van der Waals surface area contributed by atoms with Crippen LogP contribution >= 0.6 is 0 Å². The zero-order valence-electron chi connectivity index (χ0n) is 8.06. The van der Waals surface area contributed by atoms with E-state index >= 15 is 0 Å². The molecule has 0 aliphatic carbocycles. The molecule has 0 heteroatoms. The van der Waals surface area contributed by atoms with Crippen molar-refractivity contribution in [2.75, 3.05) is 0 Å². The third-order valence-electron chi connectivity index (χ3n) is 1.59. The zero-order chi connectivity index (χ0) is 8.53. The molecule has 0 N–H and O–H groups in total. The lowest BCUT2D eigenvalue weighted by molar-refractivity contribution is 0.946. The Morgan fingerprint density at radius 1 is 1.09 bits per heavy atom. The number of unbranched alkanes of at least 4 members (excludes halogenated alkanes) is 2. The Hall–Kier alpha value is -0.520. The Labute approximate surface area is 71.0 Å². The van der Waals surface area contributed by atoms with Crippen LogP contribution in [0.15, 0.2) is 23.8 Å². The highest BCUT2D eigenvalue weighted by atomic mass is 13.9. The number of hydrogen-bond acceptors (Lipinski definition) is 0. The van der Waals surface area contributed by atoms with Gasteiger partial charge in [0.15, 0.2) is 0 Å². The Bertz CT molecular complexity index is 129. The molecule has 0 saturated heterocycles. The predicted molar refractivity (Wildman–Crippen MR) is 52.7 cm³/mol. The standard InChI is InChI=1S/C11H20/c1-4-6-8-10-11(3)9-7-5-2/h8-10H,4-7H2,1-3H3/b10-8-,11-9-. The summed E-state index contributed by atoms with van der Waals surface area (Å²) in [6.07, 6.45) is 11.7. The van der Waals surface area contributed by atoms with Crippen molar-refractivity contribution in [2.24, 2.45) is 0 Å². The molecule has 0 aliphatic rings. The van der Waals surface area contributed by atoms with E-state index in [0.717, 1.165) is 0 Å². The Morgan fingerprint density at radius 2 is 1.73 bits per heavy atom. The van der Waals surface area contributed by atoms with Crippen LogP contribution in [0.4, 0.5) is 0 Å². The minimum Gasteiger partial charge on any atom is -0.0843 e. The van der Waals surface area contributed by atoms with Crippen molar-refractivity contribution < 1.29 is 0 Å². The van der Waals surface area contributed by atoms with E-state index in [-0.39, 0.29) is 0 Å². The Kier molecular flexibility index (Phi) is 7.23. The van der Waals surface area contributed by atoms with Gasteiger partial charge in [-0.15, -0.1) is 0 Å². The quantitative estimate of drug-likeness (QED) is 0.520. The van der Waals surface area contributed by atoms with Crippen molar-refractivity contribution >= 4 is 0 Å². The van der Waals surface area contributed by atoms with Gasteiger partial charge in [-0.1, -0.05) is 50.5 Å². The van der Waals surface area contributed by atoms with Crippen molar-refractivity contribution in [2.45, 2.75) is 46.5 Å². The molecule has 11 heavy (non-hydrogen) atoms. The smallest absolute Gasteiger partial charge is 0.0348 e. The maximum absolute atomic E-state index is 2.30. The van der Waals surface area contributed by atoms with E-state index < -0.39 is 0 Å². The predicted octanol–water partition coefficient (Wildman–Crippen LogP) is 4.09. The third kappa shape index (κ3) is 7.38. The van der Waals surface area contributed by atoms with Gasteiger partial charge in [-0.25, -0.2) is 0 Å². The van der Waals surface area contributed by atoms with E-state index in [4.69, 9.17) is 0 Å². The van der Waals surface area contributed by atoms with Gasteiger partial charge in [-0.2, -0.15) is 0 Å². The monoisotopic (exact) mass is 152 g/mol. The molecule has 64 valence electrons. The summed E-state index contributed by atoms with van der Waals surface area (Å²) in [5.74, 6) is 0. The highest BCUT2D eigenvalue weighted by Crippen LogP contribution is 2.01.